The van der Waals surface area contributed by atoms with Gasteiger partial charge >= 0.3 is 5.97 Å². The first-order valence-corrected chi connectivity index (χ1v) is 11.4. The summed E-state index contributed by atoms with van der Waals surface area (Å²) in [6, 6.07) is 11.1. The zero-order valence-corrected chi connectivity index (χ0v) is 21.1. The minimum absolute atomic E-state index is 0.00185. The quantitative estimate of drug-likeness (QED) is 0.305. The number of phenols is 1. The maximum atomic E-state index is 14.7. The highest BCUT2D eigenvalue weighted by molar-refractivity contribution is 6.03. The Labute approximate surface area is 212 Å². The van der Waals surface area contributed by atoms with Crippen LogP contribution in [0.25, 0.3) is 27.7 Å². The molecule has 0 unspecified atom stereocenters. The Morgan fingerprint density at radius 2 is 1.68 bits per heavy atom. The van der Waals surface area contributed by atoms with Gasteiger partial charge in [-0.25, -0.2) is 13.6 Å². The number of carboxylic acids is 1. The van der Waals surface area contributed by atoms with Gasteiger partial charge in [-0.1, -0.05) is 19.9 Å². The van der Waals surface area contributed by atoms with Gasteiger partial charge < -0.3 is 29.0 Å². The SMILES string of the molecule is COCC(C)(C)c1c(-c2ccc(F)c(OC)c2)c2cc(F)cc(O)c2n1-c1ccc(C(=O)O)c(OC)c1. The van der Waals surface area contributed by atoms with Gasteiger partial charge in [-0.2, -0.15) is 0 Å². The summed E-state index contributed by atoms with van der Waals surface area (Å²) in [5, 5.41) is 20.9. The molecular formula is C28H27F2NO6. The van der Waals surface area contributed by atoms with E-state index in [9.17, 15) is 23.8 Å². The molecule has 1 aromatic heterocycles. The summed E-state index contributed by atoms with van der Waals surface area (Å²) in [5.41, 5.74) is 1.65. The maximum Gasteiger partial charge on any atom is 0.339 e. The van der Waals surface area contributed by atoms with Crippen LogP contribution in [0.3, 0.4) is 0 Å². The predicted octanol–water partition coefficient (Wildman–Crippen LogP) is 5.92. The van der Waals surface area contributed by atoms with E-state index in [1.807, 2.05) is 13.8 Å². The van der Waals surface area contributed by atoms with Gasteiger partial charge in [0.05, 0.1) is 26.3 Å². The molecule has 4 aromatic rings. The Hall–Kier alpha value is -4.11. The fraction of sp³-hybridized carbons (Fsp3) is 0.250. The molecule has 9 heteroatoms. The summed E-state index contributed by atoms with van der Waals surface area (Å²) in [6.45, 7) is 4.08. The highest BCUT2D eigenvalue weighted by Gasteiger charge is 2.34. The Kier molecular flexibility index (Phi) is 6.84. The average Bonchev–Trinajstić information content (AvgIpc) is 3.20. The molecule has 0 radical (unpaired) electrons. The van der Waals surface area contributed by atoms with Crippen molar-refractivity contribution in [3.8, 4) is 34.1 Å². The second kappa shape index (κ2) is 9.74. The number of carbonyl (C=O) groups is 1. The summed E-state index contributed by atoms with van der Waals surface area (Å²) in [7, 11) is 4.26. The molecule has 0 saturated heterocycles. The van der Waals surface area contributed by atoms with Crippen LogP contribution in [0, 0.1) is 11.6 Å². The fourth-order valence-corrected chi connectivity index (χ4v) is 4.79. The number of rotatable bonds is 8. The lowest BCUT2D eigenvalue weighted by molar-refractivity contribution is 0.0693. The minimum atomic E-state index is -1.16. The fourth-order valence-electron chi connectivity index (χ4n) is 4.79. The van der Waals surface area contributed by atoms with Gasteiger partial charge in [0, 0.05) is 47.0 Å². The highest BCUT2D eigenvalue weighted by Crippen LogP contribution is 2.47. The number of hydrogen-bond donors (Lipinski definition) is 2. The first-order valence-electron chi connectivity index (χ1n) is 11.4. The van der Waals surface area contributed by atoms with Gasteiger partial charge in [-0.05, 0) is 35.9 Å². The van der Waals surface area contributed by atoms with Crippen LogP contribution in [0.5, 0.6) is 17.2 Å². The van der Waals surface area contributed by atoms with Crippen molar-refractivity contribution < 1.29 is 38.0 Å². The van der Waals surface area contributed by atoms with Gasteiger partial charge in [0.2, 0.25) is 0 Å². The van der Waals surface area contributed by atoms with Crippen LogP contribution < -0.4 is 9.47 Å². The molecule has 37 heavy (non-hydrogen) atoms. The van der Waals surface area contributed by atoms with Crippen molar-refractivity contribution >= 4 is 16.9 Å². The molecule has 0 saturated carbocycles. The largest absolute Gasteiger partial charge is 0.506 e. The lowest BCUT2D eigenvalue weighted by atomic mass is 9.84. The molecule has 0 aliphatic carbocycles. The molecule has 0 aliphatic rings. The van der Waals surface area contributed by atoms with Crippen LogP contribution in [0.4, 0.5) is 8.78 Å². The van der Waals surface area contributed by atoms with E-state index in [0.29, 0.717) is 27.9 Å². The molecule has 3 aromatic carbocycles. The lowest BCUT2D eigenvalue weighted by Gasteiger charge is -2.28. The van der Waals surface area contributed by atoms with E-state index in [1.54, 1.807) is 23.8 Å². The molecule has 0 atom stereocenters. The van der Waals surface area contributed by atoms with E-state index < -0.39 is 23.0 Å². The normalized spacial score (nSPS) is 11.6. The second-order valence-corrected chi connectivity index (χ2v) is 9.24. The number of nitrogens with zero attached hydrogens (tertiary/aromatic N) is 1. The van der Waals surface area contributed by atoms with E-state index >= 15 is 0 Å². The van der Waals surface area contributed by atoms with Gasteiger partial charge in [-0.15, -0.1) is 0 Å². The van der Waals surface area contributed by atoms with E-state index in [0.717, 1.165) is 6.07 Å². The maximum absolute atomic E-state index is 14.7. The Morgan fingerprint density at radius 3 is 2.30 bits per heavy atom. The summed E-state index contributed by atoms with van der Waals surface area (Å²) in [4.78, 5) is 11.7. The van der Waals surface area contributed by atoms with Crippen LogP contribution >= 0.6 is 0 Å². The molecule has 7 nitrogen and oxygen atoms in total. The first-order chi connectivity index (χ1) is 17.5. The van der Waals surface area contributed by atoms with Crippen molar-refractivity contribution in [2.75, 3.05) is 27.9 Å². The number of phenolic OH excluding ortho intramolecular Hbond substituents is 1. The summed E-state index contributed by atoms with van der Waals surface area (Å²) >= 11 is 0. The zero-order valence-electron chi connectivity index (χ0n) is 21.1. The number of carboxylic acid groups (broad SMARTS) is 1. The van der Waals surface area contributed by atoms with E-state index in [4.69, 9.17) is 14.2 Å². The third-order valence-electron chi connectivity index (χ3n) is 6.27. The number of aromatic carboxylic acids is 1. The van der Waals surface area contributed by atoms with Gasteiger partial charge in [-0.3, -0.25) is 0 Å². The topological polar surface area (TPSA) is 90.2 Å². The second-order valence-electron chi connectivity index (χ2n) is 9.24. The minimum Gasteiger partial charge on any atom is -0.506 e. The van der Waals surface area contributed by atoms with Gasteiger partial charge in [0.15, 0.2) is 11.6 Å². The zero-order chi connectivity index (χ0) is 27.1. The molecule has 0 amide bonds. The van der Waals surface area contributed by atoms with Crippen LogP contribution in [-0.2, 0) is 10.2 Å². The number of benzene rings is 3. The number of halogens is 2. The molecule has 0 spiro atoms. The van der Waals surface area contributed by atoms with Gasteiger partial charge in [0.25, 0.3) is 0 Å². The summed E-state index contributed by atoms with van der Waals surface area (Å²) < 4.78 is 46.8. The summed E-state index contributed by atoms with van der Waals surface area (Å²) in [5.74, 6) is -2.60. The monoisotopic (exact) mass is 511 g/mol. The van der Waals surface area contributed by atoms with Crippen molar-refractivity contribution in [3.63, 3.8) is 0 Å². The standard InChI is InChI=1S/C28H27F2NO6/c1-28(2,14-35-3)26-24(15-6-9-20(30)23(10-15)37-5)19-11-16(29)12-21(32)25(19)31(26)17-7-8-18(27(33)34)22(13-17)36-4/h6-13,32H,14H2,1-5H3,(H,33,34). The van der Waals surface area contributed by atoms with Crippen LogP contribution in [-0.4, -0.2) is 48.7 Å². The number of fused-ring (bicyclic) bond motifs is 1. The molecule has 0 fully saturated rings. The number of hydrogen-bond acceptors (Lipinski definition) is 5. The van der Waals surface area contributed by atoms with Crippen LogP contribution in [0.1, 0.15) is 29.9 Å². The van der Waals surface area contributed by atoms with Crippen molar-refractivity contribution in [1.29, 1.82) is 0 Å². The molecule has 2 N–H and O–H groups in total. The van der Waals surface area contributed by atoms with Crippen LogP contribution in [0.2, 0.25) is 0 Å². The van der Waals surface area contributed by atoms with E-state index in [1.165, 1.54) is 44.6 Å². The Morgan fingerprint density at radius 1 is 0.973 bits per heavy atom. The summed E-state index contributed by atoms with van der Waals surface area (Å²) in [6.07, 6.45) is 0. The number of aromatic hydroxyl groups is 1. The highest BCUT2D eigenvalue weighted by atomic mass is 19.1. The molecule has 194 valence electrons. The smallest absolute Gasteiger partial charge is 0.339 e. The molecule has 1 heterocycles. The molecule has 0 aliphatic heterocycles. The van der Waals surface area contributed by atoms with E-state index in [2.05, 4.69) is 0 Å². The van der Waals surface area contributed by atoms with Gasteiger partial charge in [0.1, 0.15) is 22.9 Å². The molecular weight excluding hydrogens is 484 g/mol. The van der Waals surface area contributed by atoms with Crippen molar-refractivity contribution in [2.24, 2.45) is 0 Å². The first kappa shape index (κ1) is 26.0. The average molecular weight is 512 g/mol. The van der Waals surface area contributed by atoms with E-state index in [-0.39, 0.29) is 34.9 Å². The third kappa shape index (κ3) is 4.46. The van der Waals surface area contributed by atoms with Crippen LogP contribution in [0.15, 0.2) is 48.5 Å². The van der Waals surface area contributed by atoms with Crippen molar-refractivity contribution in [2.45, 2.75) is 19.3 Å². The Bertz CT molecular complexity index is 1510. The number of ether oxygens (including phenoxy) is 3. The lowest BCUT2D eigenvalue weighted by Crippen LogP contribution is -2.27. The Balaban J connectivity index is 2.22. The number of methoxy groups -OCH3 is 3. The third-order valence-corrected chi connectivity index (χ3v) is 6.27. The van der Waals surface area contributed by atoms with Crippen molar-refractivity contribution in [3.05, 3.63) is 71.4 Å². The van der Waals surface area contributed by atoms with Crippen molar-refractivity contribution in [1.82, 2.24) is 4.57 Å². The number of aromatic nitrogens is 1. The predicted molar refractivity (Wildman–Crippen MR) is 135 cm³/mol. The molecule has 0 bridgehead atoms. The molecule has 4 rings (SSSR count).